The molecule has 2 unspecified atom stereocenters. The van der Waals surface area contributed by atoms with E-state index in [1.807, 2.05) is 0 Å². The van der Waals surface area contributed by atoms with Crippen LogP contribution in [0.5, 0.6) is 0 Å². The summed E-state index contributed by atoms with van der Waals surface area (Å²) >= 11 is 9.04. The predicted molar refractivity (Wildman–Crippen MR) is 86.4 cm³/mol. The number of hydrogen-bond donors (Lipinski definition) is 2. The average molecular weight is 418 g/mol. The van der Waals surface area contributed by atoms with Crippen molar-refractivity contribution < 1.29 is 17.4 Å². The third-order valence-corrected chi connectivity index (χ3v) is 5.88. The zero-order valence-corrected chi connectivity index (χ0v) is 15.2. The predicted octanol–water partition coefficient (Wildman–Crippen LogP) is 1.25. The van der Waals surface area contributed by atoms with Crippen molar-refractivity contribution in [1.82, 2.24) is 5.32 Å². The van der Waals surface area contributed by atoms with E-state index in [0.29, 0.717) is 4.47 Å². The van der Waals surface area contributed by atoms with Crippen LogP contribution in [0.2, 0.25) is 5.02 Å². The molecule has 1 aromatic rings. The minimum absolute atomic E-state index is 0.0239. The first-order chi connectivity index (χ1) is 9.54. The van der Waals surface area contributed by atoms with E-state index in [9.17, 15) is 17.4 Å². The Balaban J connectivity index is 3.11. The minimum atomic E-state index is -4.05. The van der Waals surface area contributed by atoms with E-state index in [1.165, 1.54) is 18.4 Å². The molecule has 0 aromatic heterocycles. The molecule has 0 aliphatic rings. The largest absolute Gasteiger partial charge is 0.351 e. The maximum absolute atomic E-state index is 12.1. The second-order valence-electron chi connectivity index (χ2n) is 4.33. The number of primary sulfonamides is 1. The summed E-state index contributed by atoms with van der Waals surface area (Å²) < 4.78 is 34.5. The molecule has 0 aliphatic heterocycles. The molecule has 0 heterocycles. The smallest absolute Gasteiger partial charge is 0.252 e. The molecule has 6 nitrogen and oxygen atoms in total. The monoisotopic (exact) mass is 416 g/mol. The molecule has 10 heteroatoms. The number of benzene rings is 1. The fraction of sp³-hybridized carbons (Fsp3) is 0.364. The van der Waals surface area contributed by atoms with Crippen LogP contribution in [0.3, 0.4) is 0 Å². The molecule has 118 valence electrons. The van der Waals surface area contributed by atoms with Crippen molar-refractivity contribution in [1.29, 1.82) is 0 Å². The van der Waals surface area contributed by atoms with Crippen LogP contribution in [0.15, 0.2) is 21.5 Å². The van der Waals surface area contributed by atoms with E-state index >= 15 is 0 Å². The molecule has 21 heavy (non-hydrogen) atoms. The van der Waals surface area contributed by atoms with Crippen LogP contribution in [0.4, 0.5) is 0 Å². The van der Waals surface area contributed by atoms with Crippen molar-refractivity contribution in [2.45, 2.75) is 17.1 Å². The number of carbonyl (C=O) groups is 1. The average Bonchev–Trinajstić information content (AvgIpc) is 2.36. The quantitative estimate of drug-likeness (QED) is 0.752. The van der Waals surface area contributed by atoms with Gasteiger partial charge in [-0.3, -0.25) is 9.00 Å². The van der Waals surface area contributed by atoms with Gasteiger partial charge in [0.15, 0.2) is 0 Å². The van der Waals surface area contributed by atoms with E-state index in [2.05, 4.69) is 21.2 Å². The van der Waals surface area contributed by atoms with Crippen LogP contribution >= 0.6 is 27.5 Å². The van der Waals surface area contributed by atoms with Crippen LogP contribution < -0.4 is 10.5 Å². The number of nitrogens with one attached hydrogen (secondary N) is 1. The highest BCUT2D eigenvalue weighted by Gasteiger charge is 2.21. The highest BCUT2D eigenvalue weighted by molar-refractivity contribution is 9.10. The highest BCUT2D eigenvalue weighted by Crippen LogP contribution is 2.28. The van der Waals surface area contributed by atoms with Gasteiger partial charge in [0, 0.05) is 33.3 Å². The number of carbonyl (C=O) groups excluding carboxylic acids is 1. The normalized spacial score (nSPS) is 14.5. The molecule has 0 aliphatic carbocycles. The van der Waals surface area contributed by atoms with E-state index in [1.54, 1.807) is 6.92 Å². The van der Waals surface area contributed by atoms with E-state index in [-0.39, 0.29) is 27.3 Å². The number of rotatable bonds is 5. The lowest BCUT2D eigenvalue weighted by Gasteiger charge is -2.12. The van der Waals surface area contributed by atoms with Gasteiger partial charge in [0.05, 0.1) is 10.6 Å². The van der Waals surface area contributed by atoms with Gasteiger partial charge in [-0.1, -0.05) is 27.5 Å². The molecule has 0 bridgehead atoms. The first-order valence-corrected chi connectivity index (χ1v) is 10.00. The standard InChI is InChI=1S/C11H14BrClN2O4S2/c1-6(20(2)17)5-15-11(16)8-3-7(12)4-9(10(8)13)21(14,18)19/h3-4,6H,5H2,1-2H3,(H,15,16)(H2,14,18,19). The summed E-state index contributed by atoms with van der Waals surface area (Å²) in [4.78, 5) is 11.7. The second kappa shape index (κ2) is 7.19. The van der Waals surface area contributed by atoms with Crippen molar-refractivity contribution in [2.75, 3.05) is 12.8 Å². The molecule has 1 aromatic carbocycles. The molecular weight excluding hydrogens is 404 g/mol. The molecule has 0 fully saturated rings. The number of halogens is 2. The maximum atomic E-state index is 12.1. The number of hydrogen-bond acceptors (Lipinski definition) is 4. The third-order valence-electron chi connectivity index (χ3n) is 2.67. The van der Waals surface area contributed by atoms with Gasteiger partial charge in [-0.15, -0.1) is 0 Å². The summed E-state index contributed by atoms with van der Waals surface area (Å²) in [5, 5.41) is 7.12. The zero-order valence-electron chi connectivity index (χ0n) is 11.2. The van der Waals surface area contributed by atoms with Gasteiger partial charge in [0.1, 0.15) is 4.90 Å². The van der Waals surface area contributed by atoms with Gasteiger partial charge in [0.2, 0.25) is 10.0 Å². The summed E-state index contributed by atoms with van der Waals surface area (Å²) in [6.07, 6.45) is 1.53. The van der Waals surface area contributed by atoms with Crippen molar-refractivity contribution in [2.24, 2.45) is 5.14 Å². The van der Waals surface area contributed by atoms with Gasteiger partial charge in [-0.25, -0.2) is 13.6 Å². The number of sulfonamides is 1. The molecule has 0 saturated heterocycles. The zero-order chi connectivity index (χ0) is 16.4. The van der Waals surface area contributed by atoms with Gasteiger partial charge in [0.25, 0.3) is 5.91 Å². The third kappa shape index (κ3) is 5.03. The Labute approximate surface area is 139 Å². The summed E-state index contributed by atoms with van der Waals surface area (Å²) in [5.41, 5.74) is -0.0239. The highest BCUT2D eigenvalue weighted by atomic mass is 79.9. The Hall–Kier alpha value is -0.480. The SMILES string of the molecule is CC(CNC(=O)c1cc(Br)cc(S(N)(=O)=O)c1Cl)S(C)=O. The molecule has 1 rings (SSSR count). The van der Waals surface area contributed by atoms with Crippen LogP contribution in [0, 0.1) is 0 Å². The van der Waals surface area contributed by atoms with Crippen molar-refractivity contribution in [3.8, 4) is 0 Å². The maximum Gasteiger partial charge on any atom is 0.252 e. The van der Waals surface area contributed by atoms with Crippen LogP contribution in [-0.2, 0) is 20.8 Å². The Kier molecular flexibility index (Phi) is 6.36. The molecule has 0 saturated carbocycles. The van der Waals surface area contributed by atoms with Gasteiger partial charge in [-0.2, -0.15) is 0 Å². The van der Waals surface area contributed by atoms with Gasteiger partial charge < -0.3 is 5.32 Å². The summed E-state index contributed by atoms with van der Waals surface area (Å²) in [5.74, 6) is -0.566. The molecule has 0 spiro atoms. The lowest BCUT2D eigenvalue weighted by atomic mass is 10.2. The molecule has 1 amide bonds. The van der Waals surface area contributed by atoms with Gasteiger partial charge in [-0.05, 0) is 19.1 Å². The van der Waals surface area contributed by atoms with E-state index < -0.39 is 26.7 Å². The lowest BCUT2D eigenvalue weighted by Crippen LogP contribution is -2.33. The Bertz CT molecular complexity index is 694. The first-order valence-electron chi connectivity index (χ1n) is 5.66. The fourth-order valence-electron chi connectivity index (χ4n) is 1.39. The van der Waals surface area contributed by atoms with Crippen molar-refractivity contribution in [3.63, 3.8) is 0 Å². The summed E-state index contributed by atoms with van der Waals surface area (Å²) in [7, 11) is -5.13. The Morgan fingerprint density at radius 2 is 2.10 bits per heavy atom. The fourth-order valence-corrected chi connectivity index (χ4v) is 3.48. The molecular formula is C11H14BrClN2O4S2. The van der Waals surface area contributed by atoms with Crippen LogP contribution in [0.1, 0.15) is 17.3 Å². The molecule has 3 N–H and O–H groups in total. The number of amides is 1. The summed E-state index contributed by atoms with van der Waals surface area (Å²) in [6.45, 7) is 1.89. The van der Waals surface area contributed by atoms with E-state index in [4.69, 9.17) is 16.7 Å². The number of nitrogens with two attached hydrogens (primary N) is 1. The topological polar surface area (TPSA) is 106 Å². The second-order valence-corrected chi connectivity index (χ2v) is 8.96. The van der Waals surface area contributed by atoms with Crippen LogP contribution in [-0.4, -0.2) is 36.6 Å². The van der Waals surface area contributed by atoms with Crippen molar-refractivity contribution in [3.05, 3.63) is 27.2 Å². The molecule has 0 radical (unpaired) electrons. The Morgan fingerprint density at radius 3 is 2.57 bits per heavy atom. The van der Waals surface area contributed by atoms with Crippen LogP contribution in [0.25, 0.3) is 0 Å². The minimum Gasteiger partial charge on any atom is -0.351 e. The van der Waals surface area contributed by atoms with Crippen molar-refractivity contribution >= 4 is 54.3 Å². The summed E-state index contributed by atoms with van der Waals surface area (Å²) in [6, 6.07) is 2.61. The Morgan fingerprint density at radius 1 is 1.52 bits per heavy atom. The van der Waals surface area contributed by atoms with E-state index in [0.717, 1.165) is 0 Å². The lowest BCUT2D eigenvalue weighted by molar-refractivity contribution is 0.0954. The molecule has 2 atom stereocenters. The van der Waals surface area contributed by atoms with Gasteiger partial charge >= 0.3 is 0 Å². The first kappa shape index (κ1) is 18.6.